The van der Waals surface area contributed by atoms with Crippen molar-refractivity contribution in [3.8, 4) is 0 Å². The Morgan fingerprint density at radius 1 is 1.26 bits per heavy atom. The van der Waals surface area contributed by atoms with E-state index in [9.17, 15) is 9.59 Å². The van der Waals surface area contributed by atoms with Crippen molar-refractivity contribution in [3.63, 3.8) is 0 Å². The topological polar surface area (TPSA) is 69.6 Å². The number of hydrogen-bond acceptors (Lipinski definition) is 3. The van der Waals surface area contributed by atoms with Crippen LogP contribution < -0.4 is 5.32 Å². The molecule has 2 N–H and O–H groups in total. The highest BCUT2D eigenvalue weighted by molar-refractivity contribution is 5.85. The van der Waals surface area contributed by atoms with Crippen molar-refractivity contribution < 1.29 is 14.7 Å². The molecule has 1 aliphatic carbocycles. The van der Waals surface area contributed by atoms with Gasteiger partial charge in [0.2, 0.25) is 5.91 Å². The van der Waals surface area contributed by atoms with Crippen LogP contribution in [0.4, 0.5) is 0 Å². The maximum Gasteiger partial charge on any atom is 0.304 e. The number of rotatable bonds is 6. The van der Waals surface area contributed by atoms with E-state index in [1.807, 2.05) is 0 Å². The van der Waals surface area contributed by atoms with Gasteiger partial charge in [-0.3, -0.25) is 14.5 Å². The van der Waals surface area contributed by atoms with E-state index in [1.165, 1.54) is 12.8 Å². The summed E-state index contributed by atoms with van der Waals surface area (Å²) in [5, 5.41) is 11.6. The minimum Gasteiger partial charge on any atom is -0.481 e. The van der Waals surface area contributed by atoms with Gasteiger partial charge < -0.3 is 10.4 Å². The molecule has 1 rings (SSSR count). The number of aliphatic carboxylic acids is 1. The Labute approximate surface area is 121 Å². The Bertz CT molecular complexity index is 292. The number of nitrogens with zero attached hydrogens (tertiary/aromatic N) is 1. The fourth-order valence-electron chi connectivity index (χ4n) is 2.29. The molecule has 19 heavy (non-hydrogen) atoms. The largest absolute Gasteiger partial charge is 0.481 e. The molecule has 1 fully saturated rings. The van der Waals surface area contributed by atoms with Gasteiger partial charge >= 0.3 is 5.97 Å². The molecule has 1 saturated carbocycles. The Kier molecular flexibility index (Phi) is 8.76. The fraction of sp³-hybridized carbons (Fsp3) is 0.846. The molecule has 112 valence electrons. The maximum absolute atomic E-state index is 11.7. The molecule has 0 radical (unpaired) electrons. The van der Waals surface area contributed by atoms with Gasteiger partial charge in [0.15, 0.2) is 0 Å². The monoisotopic (exact) mass is 292 g/mol. The minimum atomic E-state index is -0.830. The first-order valence-corrected chi connectivity index (χ1v) is 6.67. The number of nitrogens with one attached hydrogen (secondary N) is 1. The van der Waals surface area contributed by atoms with Crippen LogP contribution >= 0.6 is 12.4 Å². The highest BCUT2D eigenvalue weighted by Gasteiger charge is 2.20. The summed E-state index contributed by atoms with van der Waals surface area (Å²) >= 11 is 0. The third-order valence-corrected chi connectivity index (χ3v) is 3.50. The summed E-state index contributed by atoms with van der Waals surface area (Å²) in [6.07, 6.45) is 4.56. The standard InChI is InChI=1S/C13H24N2O3.ClH/c1-10-3-5-11(6-4-10)14-12(16)9-15(2)8-7-13(17)18;/h10-11H,3-9H2,1-2H3,(H,14,16)(H,17,18);1H. The summed E-state index contributed by atoms with van der Waals surface area (Å²) < 4.78 is 0. The van der Waals surface area contributed by atoms with Crippen molar-refractivity contribution in [2.45, 2.75) is 45.1 Å². The lowest BCUT2D eigenvalue weighted by Gasteiger charge is -2.27. The summed E-state index contributed by atoms with van der Waals surface area (Å²) in [6.45, 7) is 2.93. The van der Waals surface area contributed by atoms with E-state index in [4.69, 9.17) is 5.11 Å². The Balaban J connectivity index is 0.00000324. The second-order valence-corrected chi connectivity index (χ2v) is 5.41. The number of amides is 1. The molecule has 0 spiro atoms. The molecular weight excluding hydrogens is 268 g/mol. The van der Waals surface area contributed by atoms with Crippen molar-refractivity contribution >= 4 is 24.3 Å². The highest BCUT2D eigenvalue weighted by Crippen LogP contribution is 2.23. The van der Waals surface area contributed by atoms with E-state index in [1.54, 1.807) is 11.9 Å². The molecule has 0 aromatic carbocycles. The van der Waals surface area contributed by atoms with E-state index in [0.29, 0.717) is 12.6 Å². The molecule has 1 aliphatic rings. The van der Waals surface area contributed by atoms with Crippen LogP contribution in [0.25, 0.3) is 0 Å². The first-order valence-electron chi connectivity index (χ1n) is 6.67. The molecule has 0 aliphatic heterocycles. The Morgan fingerprint density at radius 3 is 2.37 bits per heavy atom. The van der Waals surface area contributed by atoms with Gasteiger partial charge in [0.1, 0.15) is 0 Å². The molecule has 6 heteroatoms. The molecule has 5 nitrogen and oxygen atoms in total. The minimum absolute atomic E-state index is 0. The number of carbonyl (C=O) groups is 2. The zero-order chi connectivity index (χ0) is 13.5. The summed E-state index contributed by atoms with van der Waals surface area (Å²) in [4.78, 5) is 23.9. The fourth-order valence-corrected chi connectivity index (χ4v) is 2.29. The van der Waals surface area contributed by atoms with Gasteiger partial charge in [-0.1, -0.05) is 6.92 Å². The third-order valence-electron chi connectivity index (χ3n) is 3.50. The number of hydrogen-bond donors (Lipinski definition) is 2. The van der Waals surface area contributed by atoms with E-state index >= 15 is 0 Å². The van der Waals surface area contributed by atoms with Crippen LogP contribution in [0, 0.1) is 5.92 Å². The van der Waals surface area contributed by atoms with Crippen molar-refractivity contribution in [1.29, 1.82) is 0 Å². The van der Waals surface area contributed by atoms with Crippen LogP contribution in [0.1, 0.15) is 39.0 Å². The molecule has 0 saturated heterocycles. The van der Waals surface area contributed by atoms with Crippen LogP contribution in [0.15, 0.2) is 0 Å². The number of likely N-dealkylation sites (N-methyl/N-ethyl adjacent to an activating group) is 1. The van der Waals surface area contributed by atoms with E-state index < -0.39 is 5.97 Å². The van der Waals surface area contributed by atoms with E-state index in [0.717, 1.165) is 18.8 Å². The number of carboxylic acid groups (broad SMARTS) is 1. The molecule has 0 atom stereocenters. The normalized spacial score (nSPS) is 22.7. The maximum atomic E-state index is 11.7. The van der Waals surface area contributed by atoms with Crippen LogP contribution in [0.5, 0.6) is 0 Å². The lowest BCUT2D eigenvalue weighted by molar-refractivity contribution is -0.137. The van der Waals surface area contributed by atoms with Gasteiger partial charge in [-0.25, -0.2) is 0 Å². The van der Waals surface area contributed by atoms with Gasteiger partial charge in [0.05, 0.1) is 13.0 Å². The number of carboxylic acids is 1. The zero-order valence-electron chi connectivity index (χ0n) is 11.7. The van der Waals surface area contributed by atoms with Gasteiger partial charge in [-0.15, -0.1) is 12.4 Å². The molecule has 0 aromatic heterocycles. The summed E-state index contributed by atoms with van der Waals surface area (Å²) in [5.41, 5.74) is 0. The lowest BCUT2D eigenvalue weighted by Crippen LogP contribution is -2.42. The SMILES string of the molecule is CC1CCC(NC(=O)CN(C)CCC(=O)O)CC1.Cl. The average molecular weight is 293 g/mol. The lowest BCUT2D eigenvalue weighted by atomic mass is 9.87. The Morgan fingerprint density at radius 2 is 1.84 bits per heavy atom. The van der Waals surface area contributed by atoms with E-state index in [-0.39, 0.29) is 31.3 Å². The van der Waals surface area contributed by atoms with Crippen LogP contribution in [0.3, 0.4) is 0 Å². The van der Waals surface area contributed by atoms with Crippen LogP contribution in [0.2, 0.25) is 0 Å². The van der Waals surface area contributed by atoms with Crippen molar-refractivity contribution in [3.05, 3.63) is 0 Å². The van der Waals surface area contributed by atoms with E-state index in [2.05, 4.69) is 12.2 Å². The van der Waals surface area contributed by atoms with Crippen molar-refractivity contribution in [2.24, 2.45) is 5.92 Å². The zero-order valence-corrected chi connectivity index (χ0v) is 12.5. The van der Waals surface area contributed by atoms with Crippen molar-refractivity contribution in [2.75, 3.05) is 20.1 Å². The second kappa shape index (κ2) is 9.15. The molecule has 0 aromatic rings. The van der Waals surface area contributed by atoms with Gasteiger partial charge in [0, 0.05) is 12.6 Å². The molecule has 1 amide bonds. The molecule has 0 bridgehead atoms. The van der Waals surface area contributed by atoms with Crippen LogP contribution in [-0.4, -0.2) is 48.1 Å². The van der Waals surface area contributed by atoms with Crippen LogP contribution in [-0.2, 0) is 9.59 Å². The third kappa shape index (κ3) is 8.06. The summed E-state index contributed by atoms with van der Waals surface area (Å²) in [6, 6.07) is 0.307. The van der Waals surface area contributed by atoms with Gasteiger partial charge in [-0.2, -0.15) is 0 Å². The molecule has 0 unspecified atom stereocenters. The molecule has 0 heterocycles. The number of carbonyl (C=O) groups excluding carboxylic acids is 1. The predicted molar refractivity (Wildman–Crippen MR) is 76.6 cm³/mol. The smallest absolute Gasteiger partial charge is 0.304 e. The summed E-state index contributed by atoms with van der Waals surface area (Å²) in [5.74, 6) is -0.0534. The van der Waals surface area contributed by atoms with Gasteiger partial charge in [-0.05, 0) is 38.6 Å². The first kappa shape index (κ1) is 18.2. The average Bonchev–Trinajstić information content (AvgIpc) is 2.29. The second-order valence-electron chi connectivity index (χ2n) is 5.41. The number of halogens is 1. The first-order chi connectivity index (χ1) is 8.47. The Hall–Kier alpha value is -0.810. The van der Waals surface area contributed by atoms with Gasteiger partial charge in [0.25, 0.3) is 0 Å². The summed E-state index contributed by atoms with van der Waals surface area (Å²) in [7, 11) is 1.77. The predicted octanol–water partition coefficient (Wildman–Crippen LogP) is 1.51. The highest BCUT2D eigenvalue weighted by atomic mass is 35.5. The molecular formula is C13H25ClN2O3. The van der Waals surface area contributed by atoms with Crippen molar-refractivity contribution in [1.82, 2.24) is 10.2 Å². The quantitative estimate of drug-likeness (QED) is 0.778.